The highest BCUT2D eigenvalue weighted by Gasteiger charge is 2.28. The monoisotopic (exact) mass is 205 g/mol. The minimum atomic E-state index is -0.104. The van der Waals surface area contributed by atoms with E-state index in [1.54, 1.807) is 0 Å². The Kier molecular flexibility index (Phi) is 2.90. The molecule has 0 aromatic heterocycles. The molecule has 0 bridgehead atoms. The van der Waals surface area contributed by atoms with Gasteiger partial charge in [-0.15, -0.1) is 0 Å². The topological polar surface area (TPSA) is 29.5 Å². The first-order chi connectivity index (χ1) is 7.29. The number of nitrogens with zero attached hydrogens (tertiary/aromatic N) is 1. The Morgan fingerprint density at radius 3 is 2.67 bits per heavy atom. The summed E-state index contributed by atoms with van der Waals surface area (Å²) in [5.41, 5.74) is 1.23. The average Bonchev–Trinajstić information content (AvgIpc) is 2.23. The summed E-state index contributed by atoms with van der Waals surface area (Å²) < 4.78 is 4.64. The second-order valence-electron chi connectivity index (χ2n) is 3.89. The maximum Gasteiger partial charge on any atom is 0.305 e. The Morgan fingerprint density at radius 2 is 2.07 bits per heavy atom. The molecule has 15 heavy (non-hydrogen) atoms. The number of carbonyl (C=O) groups is 1. The highest BCUT2D eigenvalue weighted by molar-refractivity contribution is 5.70. The predicted molar refractivity (Wildman–Crippen MR) is 58.8 cm³/mol. The minimum Gasteiger partial charge on any atom is -0.469 e. The van der Waals surface area contributed by atoms with Crippen molar-refractivity contribution in [2.24, 2.45) is 5.92 Å². The molecule has 2 rings (SSSR count). The number of para-hydroxylation sites is 1. The SMILES string of the molecule is COC(=O)CC1CN(c2ccccc2)C1. The highest BCUT2D eigenvalue weighted by atomic mass is 16.5. The highest BCUT2D eigenvalue weighted by Crippen LogP contribution is 2.26. The number of esters is 1. The summed E-state index contributed by atoms with van der Waals surface area (Å²) in [7, 11) is 1.44. The molecule has 1 heterocycles. The van der Waals surface area contributed by atoms with Crippen LogP contribution < -0.4 is 4.90 Å². The van der Waals surface area contributed by atoms with Crippen LogP contribution in [-0.4, -0.2) is 26.2 Å². The van der Waals surface area contributed by atoms with Gasteiger partial charge in [0.2, 0.25) is 0 Å². The Balaban J connectivity index is 1.81. The van der Waals surface area contributed by atoms with E-state index in [2.05, 4.69) is 21.8 Å². The third kappa shape index (κ3) is 2.29. The molecule has 1 aliphatic rings. The quantitative estimate of drug-likeness (QED) is 0.703. The molecule has 80 valence electrons. The van der Waals surface area contributed by atoms with Crippen molar-refractivity contribution in [2.75, 3.05) is 25.1 Å². The van der Waals surface area contributed by atoms with Crippen molar-refractivity contribution in [3.05, 3.63) is 30.3 Å². The van der Waals surface area contributed by atoms with E-state index >= 15 is 0 Å². The van der Waals surface area contributed by atoms with Crippen LogP contribution in [0.3, 0.4) is 0 Å². The second-order valence-corrected chi connectivity index (χ2v) is 3.89. The Labute approximate surface area is 89.7 Å². The summed E-state index contributed by atoms with van der Waals surface area (Å²) in [4.78, 5) is 13.3. The fraction of sp³-hybridized carbons (Fsp3) is 0.417. The molecule has 1 aromatic rings. The molecule has 1 fully saturated rings. The number of anilines is 1. The molecular formula is C12H15NO2. The van der Waals surface area contributed by atoms with Gasteiger partial charge in [-0.25, -0.2) is 0 Å². The second kappa shape index (κ2) is 4.34. The number of benzene rings is 1. The Bertz CT molecular complexity index is 331. The molecule has 3 nitrogen and oxygen atoms in total. The van der Waals surface area contributed by atoms with E-state index in [1.165, 1.54) is 12.8 Å². The van der Waals surface area contributed by atoms with Crippen molar-refractivity contribution < 1.29 is 9.53 Å². The van der Waals surface area contributed by atoms with Crippen LogP contribution in [0.25, 0.3) is 0 Å². The van der Waals surface area contributed by atoms with Gasteiger partial charge in [-0.05, 0) is 12.1 Å². The Morgan fingerprint density at radius 1 is 1.40 bits per heavy atom. The van der Waals surface area contributed by atoms with Crippen molar-refractivity contribution in [1.29, 1.82) is 0 Å². The van der Waals surface area contributed by atoms with Gasteiger partial charge in [-0.1, -0.05) is 18.2 Å². The van der Waals surface area contributed by atoms with Crippen LogP contribution in [0.15, 0.2) is 30.3 Å². The van der Waals surface area contributed by atoms with E-state index in [0.717, 1.165) is 13.1 Å². The fourth-order valence-electron chi connectivity index (χ4n) is 1.87. The van der Waals surface area contributed by atoms with E-state index < -0.39 is 0 Å². The van der Waals surface area contributed by atoms with Crippen LogP contribution in [0, 0.1) is 5.92 Å². The number of hydrogen-bond donors (Lipinski definition) is 0. The first-order valence-electron chi connectivity index (χ1n) is 5.16. The lowest BCUT2D eigenvalue weighted by molar-refractivity contribution is -0.141. The minimum absolute atomic E-state index is 0.104. The lowest BCUT2D eigenvalue weighted by atomic mass is 9.96. The third-order valence-electron chi connectivity index (χ3n) is 2.76. The average molecular weight is 205 g/mol. The largest absolute Gasteiger partial charge is 0.469 e. The molecule has 0 spiro atoms. The molecule has 0 aliphatic carbocycles. The summed E-state index contributed by atoms with van der Waals surface area (Å²) in [6.45, 7) is 1.91. The summed E-state index contributed by atoms with van der Waals surface area (Å²) in [5, 5.41) is 0. The van der Waals surface area contributed by atoms with Crippen LogP contribution in [0.1, 0.15) is 6.42 Å². The molecule has 0 radical (unpaired) electrons. The lowest BCUT2D eigenvalue weighted by Crippen LogP contribution is -2.47. The maximum absolute atomic E-state index is 11.0. The van der Waals surface area contributed by atoms with Crippen LogP contribution in [-0.2, 0) is 9.53 Å². The van der Waals surface area contributed by atoms with Gasteiger partial charge >= 0.3 is 5.97 Å². The van der Waals surface area contributed by atoms with Crippen molar-refractivity contribution in [3.63, 3.8) is 0 Å². The van der Waals surface area contributed by atoms with Gasteiger partial charge < -0.3 is 9.64 Å². The molecule has 0 atom stereocenters. The predicted octanol–water partition coefficient (Wildman–Crippen LogP) is 1.69. The van der Waals surface area contributed by atoms with Crippen LogP contribution >= 0.6 is 0 Å². The first-order valence-corrected chi connectivity index (χ1v) is 5.16. The lowest BCUT2D eigenvalue weighted by Gasteiger charge is -2.40. The summed E-state index contributed by atoms with van der Waals surface area (Å²) >= 11 is 0. The molecule has 0 N–H and O–H groups in total. The van der Waals surface area contributed by atoms with E-state index in [9.17, 15) is 4.79 Å². The zero-order valence-corrected chi connectivity index (χ0v) is 8.85. The number of carbonyl (C=O) groups excluding carboxylic acids is 1. The molecule has 1 aliphatic heterocycles. The van der Waals surface area contributed by atoms with Gasteiger partial charge in [-0.2, -0.15) is 0 Å². The standard InChI is InChI=1S/C12H15NO2/c1-15-12(14)7-10-8-13(9-10)11-5-3-2-4-6-11/h2-6,10H,7-9H2,1H3. The van der Waals surface area contributed by atoms with E-state index in [1.807, 2.05) is 18.2 Å². The van der Waals surface area contributed by atoms with Crippen LogP contribution in [0.4, 0.5) is 5.69 Å². The zero-order valence-electron chi connectivity index (χ0n) is 8.85. The smallest absolute Gasteiger partial charge is 0.305 e. The number of hydrogen-bond acceptors (Lipinski definition) is 3. The van der Waals surface area contributed by atoms with Gasteiger partial charge in [0, 0.05) is 24.7 Å². The first kappa shape index (κ1) is 10.0. The molecule has 0 saturated carbocycles. The number of methoxy groups -OCH3 is 1. The van der Waals surface area contributed by atoms with Crippen LogP contribution in [0.2, 0.25) is 0 Å². The zero-order chi connectivity index (χ0) is 10.7. The van der Waals surface area contributed by atoms with Gasteiger partial charge in [0.1, 0.15) is 0 Å². The molecule has 3 heteroatoms. The normalized spacial score (nSPS) is 15.9. The summed E-state index contributed by atoms with van der Waals surface area (Å²) in [6, 6.07) is 10.3. The third-order valence-corrected chi connectivity index (χ3v) is 2.76. The van der Waals surface area contributed by atoms with Gasteiger partial charge in [0.15, 0.2) is 0 Å². The molecule has 0 amide bonds. The van der Waals surface area contributed by atoms with Gasteiger partial charge in [0.05, 0.1) is 13.5 Å². The number of ether oxygens (including phenoxy) is 1. The molecule has 1 saturated heterocycles. The van der Waals surface area contributed by atoms with Crippen molar-refractivity contribution in [3.8, 4) is 0 Å². The van der Waals surface area contributed by atoms with Crippen molar-refractivity contribution in [2.45, 2.75) is 6.42 Å². The van der Waals surface area contributed by atoms with Gasteiger partial charge in [0.25, 0.3) is 0 Å². The summed E-state index contributed by atoms with van der Waals surface area (Å²) in [6.07, 6.45) is 0.542. The van der Waals surface area contributed by atoms with E-state index in [-0.39, 0.29) is 5.97 Å². The van der Waals surface area contributed by atoms with E-state index in [0.29, 0.717) is 12.3 Å². The van der Waals surface area contributed by atoms with Crippen molar-refractivity contribution >= 4 is 11.7 Å². The fourth-order valence-corrected chi connectivity index (χ4v) is 1.87. The molecule has 0 unspecified atom stereocenters. The van der Waals surface area contributed by atoms with E-state index in [4.69, 9.17) is 0 Å². The summed E-state index contributed by atoms with van der Waals surface area (Å²) in [5.74, 6) is 0.352. The van der Waals surface area contributed by atoms with Crippen molar-refractivity contribution in [1.82, 2.24) is 0 Å². The van der Waals surface area contributed by atoms with Gasteiger partial charge in [-0.3, -0.25) is 4.79 Å². The molecule has 1 aromatic carbocycles. The maximum atomic E-state index is 11.0. The Hall–Kier alpha value is -1.51. The van der Waals surface area contributed by atoms with Crippen LogP contribution in [0.5, 0.6) is 0 Å². The number of rotatable bonds is 3. The molecular weight excluding hydrogens is 190 g/mol.